The van der Waals surface area contributed by atoms with Crippen LogP contribution in [0, 0.1) is 5.82 Å². The summed E-state index contributed by atoms with van der Waals surface area (Å²) in [5.41, 5.74) is 5.95. The quantitative estimate of drug-likeness (QED) is 0.674. The summed E-state index contributed by atoms with van der Waals surface area (Å²) >= 11 is 1.25. The van der Waals surface area contributed by atoms with Crippen molar-refractivity contribution in [3.8, 4) is 5.75 Å². The number of halogens is 1. The van der Waals surface area contributed by atoms with Crippen molar-refractivity contribution in [2.45, 2.75) is 0 Å². The van der Waals surface area contributed by atoms with Crippen LogP contribution in [0.25, 0.3) is 0 Å². The molecule has 2 N–H and O–H groups in total. The van der Waals surface area contributed by atoms with Crippen LogP contribution in [-0.4, -0.2) is 12.9 Å². The van der Waals surface area contributed by atoms with Gasteiger partial charge in [0.25, 0.3) is 0 Å². The molecule has 1 aromatic heterocycles. The first-order chi connectivity index (χ1) is 8.11. The van der Waals surface area contributed by atoms with E-state index in [0.717, 1.165) is 6.07 Å². The maximum atomic E-state index is 13.2. The van der Waals surface area contributed by atoms with E-state index < -0.39 is 5.82 Å². The Hall–Kier alpha value is -1.88. The number of hydrogen-bond donors (Lipinski definition) is 1. The van der Waals surface area contributed by atoms with Gasteiger partial charge < -0.3 is 10.5 Å². The van der Waals surface area contributed by atoms with Gasteiger partial charge in [-0.15, -0.1) is 11.3 Å². The summed E-state index contributed by atoms with van der Waals surface area (Å²) in [6.45, 7) is 0. The summed E-state index contributed by atoms with van der Waals surface area (Å²) in [6.07, 6.45) is 0. The molecule has 3 nitrogen and oxygen atoms in total. The summed E-state index contributed by atoms with van der Waals surface area (Å²) in [4.78, 5) is 12.5. The third kappa shape index (κ3) is 2.29. The maximum Gasteiger partial charge on any atom is 0.206 e. The van der Waals surface area contributed by atoms with Gasteiger partial charge in [0.15, 0.2) is 0 Å². The van der Waals surface area contributed by atoms with Crippen molar-refractivity contribution in [2.24, 2.45) is 0 Å². The summed E-state index contributed by atoms with van der Waals surface area (Å²) in [5, 5.41) is 1.74. The highest BCUT2D eigenvalue weighted by Crippen LogP contribution is 2.27. The molecule has 0 radical (unpaired) electrons. The van der Waals surface area contributed by atoms with Crippen LogP contribution in [0.15, 0.2) is 29.6 Å². The van der Waals surface area contributed by atoms with Gasteiger partial charge in [0.1, 0.15) is 16.4 Å². The van der Waals surface area contributed by atoms with Crippen molar-refractivity contribution in [2.75, 3.05) is 12.8 Å². The number of ketones is 1. The van der Waals surface area contributed by atoms with Gasteiger partial charge in [-0.2, -0.15) is 0 Å². The van der Waals surface area contributed by atoms with E-state index in [4.69, 9.17) is 10.5 Å². The molecule has 0 saturated carbocycles. The number of carbonyl (C=O) groups is 1. The number of nitrogen functional groups attached to an aromatic ring is 1. The van der Waals surface area contributed by atoms with Gasteiger partial charge in [-0.05, 0) is 29.6 Å². The van der Waals surface area contributed by atoms with E-state index in [-0.39, 0.29) is 17.0 Å². The lowest BCUT2D eigenvalue weighted by Crippen LogP contribution is -2.02. The van der Waals surface area contributed by atoms with Crippen LogP contribution in [0.4, 0.5) is 10.1 Å². The van der Waals surface area contributed by atoms with E-state index in [9.17, 15) is 9.18 Å². The molecule has 17 heavy (non-hydrogen) atoms. The van der Waals surface area contributed by atoms with Crippen molar-refractivity contribution in [3.05, 3.63) is 45.9 Å². The molecule has 88 valence electrons. The van der Waals surface area contributed by atoms with Crippen molar-refractivity contribution >= 4 is 22.8 Å². The maximum absolute atomic E-state index is 13.2. The number of hydrogen-bond acceptors (Lipinski definition) is 4. The van der Waals surface area contributed by atoms with Gasteiger partial charge >= 0.3 is 0 Å². The molecule has 0 atom stereocenters. The van der Waals surface area contributed by atoms with Crippen LogP contribution in [0.3, 0.4) is 0 Å². The van der Waals surface area contributed by atoms with E-state index in [2.05, 4.69) is 0 Å². The second-order valence-electron chi connectivity index (χ2n) is 3.42. The average molecular weight is 251 g/mol. The number of thiophene rings is 1. The first-order valence-corrected chi connectivity index (χ1v) is 5.72. The second kappa shape index (κ2) is 4.55. The van der Waals surface area contributed by atoms with Gasteiger partial charge in [-0.3, -0.25) is 4.79 Å². The molecule has 0 aliphatic heterocycles. The number of anilines is 1. The number of ether oxygens (including phenoxy) is 1. The zero-order valence-electron chi connectivity index (χ0n) is 9.07. The van der Waals surface area contributed by atoms with Crippen molar-refractivity contribution < 1.29 is 13.9 Å². The normalized spacial score (nSPS) is 10.2. The van der Waals surface area contributed by atoms with Crippen LogP contribution in [0.5, 0.6) is 5.75 Å². The SMILES string of the molecule is COc1ccsc1C(=O)c1cc(N)cc(F)c1. The van der Waals surface area contributed by atoms with Gasteiger partial charge in [0, 0.05) is 11.3 Å². The molecule has 0 unspecified atom stereocenters. The largest absolute Gasteiger partial charge is 0.495 e. The monoisotopic (exact) mass is 251 g/mol. The molecule has 5 heteroatoms. The van der Waals surface area contributed by atoms with Crippen molar-refractivity contribution in [3.63, 3.8) is 0 Å². The molecule has 2 rings (SSSR count). The predicted molar refractivity (Wildman–Crippen MR) is 65.1 cm³/mol. The Morgan fingerprint density at radius 1 is 1.41 bits per heavy atom. The minimum atomic E-state index is -0.524. The molecule has 0 aliphatic carbocycles. The minimum Gasteiger partial charge on any atom is -0.495 e. The predicted octanol–water partition coefficient (Wildman–Crippen LogP) is 2.71. The fraction of sp³-hybridized carbons (Fsp3) is 0.0833. The second-order valence-corrected chi connectivity index (χ2v) is 4.34. The summed E-state index contributed by atoms with van der Waals surface area (Å²) in [6, 6.07) is 5.48. The fourth-order valence-corrected chi connectivity index (χ4v) is 2.32. The minimum absolute atomic E-state index is 0.225. The highest BCUT2D eigenvalue weighted by atomic mass is 32.1. The molecule has 0 amide bonds. The zero-order chi connectivity index (χ0) is 12.4. The van der Waals surface area contributed by atoms with Crippen LogP contribution >= 0.6 is 11.3 Å². The average Bonchev–Trinajstić information content (AvgIpc) is 2.74. The van der Waals surface area contributed by atoms with Crippen LogP contribution in [0.1, 0.15) is 15.2 Å². The lowest BCUT2D eigenvalue weighted by molar-refractivity contribution is 0.103. The first-order valence-electron chi connectivity index (χ1n) is 4.84. The van der Waals surface area contributed by atoms with Gasteiger partial charge in [0.05, 0.1) is 7.11 Å². The lowest BCUT2D eigenvalue weighted by Gasteiger charge is -2.03. The number of benzene rings is 1. The lowest BCUT2D eigenvalue weighted by atomic mass is 10.1. The molecule has 0 spiro atoms. The first kappa shape index (κ1) is 11.6. The Balaban J connectivity index is 2.43. The molecular formula is C12H10FNO2S. The van der Waals surface area contributed by atoms with Gasteiger partial charge in [0.2, 0.25) is 5.78 Å². The molecule has 0 saturated heterocycles. The third-order valence-electron chi connectivity index (χ3n) is 2.24. The van der Waals surface area contributed by atoms with E-state index in [1.165, 1.54) is 30.6 Å². The van der Waals surface area contributed by atoms with Crippen LogP contribution in [-0.2, 0) is 0 Å². The Bertz CT molecular complexity index is 545. The Morgan fingerprint density at radius 3 is 2.82 bits per heavy atom. The van der Waals surface area contributed by atoms with Gasteiger partial charge in [-0.1, -0.05) is 0 Å². The van der Waals surface area contributed by atoms with Crippen molar-refractivity contribution in [1.29, 1.82) is 0 Å². The zero-order valence-corrected chi connectivity index (χ0v) is 9.88. The molecule has 2 aromatic rings. The number of carbonyl (C=O) groups excluding carboxylic acids is 1. The molecule has 1 aromatic carbocycles. The fourth-order valence-electron chi connectivity index (χ4n) is 1.50. The van der Waals surface area contributed by atoms with E-state index in [0.29, 0.717) is 10.6 Å². The molecule has 0 bridgehead atoms. The molecule has 1 heterocycles. The standard InChI is InChI=1S/C12H10FNO2S/c1-16-10-2-3-17-12(10)11(15)7-4-8(13)6-9(14)5-7/h2-6H,14H2,1H3. The van der Waals surface area contributed by atoms with E-state index in [1.54, 1.807) is 11.4 Å². The summed E-state index contributed by atoms with van der Waals surface area (Å²) in [5.74, 6) is -0.324. The highest BCUT2D eigenvalue weighted by Gasteiger charge is 2.17. The Morgan fingerprint density at radius 2 is 2.18 bits per heavy atom. The highest BCUT2D eigenvalue weighted by molar-refractivity contribution is 7.12. The topological polar surface area (TPSA) is 52.3 Å². The van der Waals surface area contributed by atoms with E-state index in [1.807, 2.05) is 0 Å². The third-order valence-corrected chi connectivity index (χ3v) is 3.13. The molecular weight excluding hydrogens is 241 g/mol. The number of methoxy groups -OCH3 is 1. The number of rotatable bonds is 3. The van der Waals surface area contributed by atoms with Crippen LogP contribution in [0.2, 0.25) is 0 Å². The Labute approximate surface area is 102 Å². The smallest absolute Gasteiger partial charge is 0.206 e. The van der Waals surface area contributed by atoms with Crippen LogP contribution < -0.4 is 10.5 Å². The molecule has 0 fully saturated rings. The summed E-state index contributed by atoms with van der Waals surface area (Å²) in [7, 11) is 1.48. The summed E-state index contributed by atoms with van der Waals surface area (Å²) < 4.78 is 18.2. The Kier molecular flexibility index (Phi) is 3.10. The number of nitrogens with two attached hydrogens (primary N) is 1. The molecule has 0 aliphatic rings. The van der Waals surface area contributed by atoms with E-state index >= 15 is 0 Å². The van der Waals surface area contributed by atoms with Crippen molar-refractivity contribution in [1.82, 2.24) is 0 Å². The van der Waals surface area contributed by atoms with Gasteiger partial charge in [-0.25, -0.2) is 4.39 Å².